The van der Waals surface area contributed by atoms with Crippen LogP contribution in [0.25, 0.3) is 28.0 Å². The third-order valence-electron chi connectivity index (χ3n) is 7.31. The zero-order valence-electron chi connectivity index (χ0n) is 23.6. The van der Waals surface area contributed by atoms with Crippen LogP contribution in [0.5, 0.6) is 0 Å². The van der Waals surface area contributed by atoms with E-state index in [9.17, 15) is 41.4 Å². The monoisotopic (exact) mass is 631 g/mol. The van der Waals surface area contributed by atoms with Gasteiger partial charge in [0.1, 0.15) is 23.9 Å². The van der Waals surface area contributed by atoms with E-state index in [0.717, 1.165) is 43.5 Å². The maximum atomic E-state index is 15.0. The molecule has 45 heavy (non-hydrogen) atoms. The number of fused-ring (bicyclic) bond motifs is 1. The zero-order chi connectivity index (χ0) is 32.5. The number of aryl methyl sites for hydroxylation is 1. The molecule has 0 saturated heterocycles. The van der Waals surface area contributed by atoms with Gasteiger partial charge in [-0.3, -0.25) is 14.2 Å². The lowest BCUT2D eigenvalue weighted by molar-refractivity contribution is -0.200. The van der Waals surface area contributed by atoms with Crippen molar-refractivity contribution in [3.8, 4) is 16.9 Å². The summed E-state index contributed by atoms with van der Waals surface area (Å²) >= 11 is 0. The molecule has 10 nitrogen and oxygen atoms in total. The number of para-hydroxylation sites is 1. The average molecular weight is 632 g/mol. The van der Waals surface area contributed by atoms with Gasteiger partial charge in [0, 0.05) is 28.6 Å². The molecule has 1 unspecified atom stereocenters. The standard InChI is InChI=1S/C30H26F5N5O5/c1-15-8-9-16(27(43)36-17-4-2-5-17)12-20(15)24-19-10-11-23(42)40(25-21(31)6-3-7-22(25)32)26(19)39-29(38-24)37-18(13-41)14-45-28(44)30(33,34)35/h3,6-12,17-18,41H,2,4-5,13-14H2,1H3,(H,36,43)(H,37,38,39). The summed E-state index contributed by atoms with van der Waals surface area (Å²) in [6, 6.07) is 8.87. The van der Waals surface area contributed by atoms with Crippen LogP contribution in [-0.2, 0) is 9.53 Å². The highest BCUT2D eigenvalue weighted by Gasteiger charge is 2.41. The second kappa shape index (κ2) is 12.6. The third-order valence-corrected chi connectivity index (χ3v) is 7.31. The number of aliphatic hydroxyl groups excluding tert-OH is 1. The van der Waals surface area contributed by atoms with E-state index in [4.69, 9.17) is 0 Å². The van der Waals surface area contributed by atoms with Crippen molar-refractivity contribution in [1.29, 1.82) is 0 Å². The number of halogens is 5. The number of nitrogens with zero attached hydrogens (tertiary/aromatic N) is 3. The molecule has 2 aromatic carbocycles. The summed E-state index contributed by atoms with van der Waals surface area (Å²) in [5.41, 5.74) is -0.565. The molecule has 1 aliphatic rings. The minimum Gasteiger partial charge on any atom is -0.457 e. The number of aromatic nitrogens is 3. The van der Waals surface area contributed by atoms with Crippen molar-refractivity contribution in [1.82, 2.24) is 19.9 Å². The van der Waals surface area contributed by atoms with Crippen LogP contribution < -0.4 is 16.2 Å². The van der Waals surface area contributed by atoms with E-state index in [-0.39, 0.29) is 40.2 Å². The molecule has 0 spiro atoms. The van der Waals surface area contributed by atoms with E-state index in [1.807, 2.05) is 0 Å². The number of benzene rings is 2. The van der Waals surface area contributed by atoms with Gasteiger partial charge in [-0.1, -0.05) is 12.1 Å². The van der Waals surface area contributed by atoms with Crippen molar-refractivity contribution in [3.63, 3.8) is 0 Å². The number of alkyl halides is 3. The molecule has 3 N–H and O–H groups in total. The number of rotatable bonds is 9. The molecule has 2 heterocycles. The number of carbonyl (C=O) groups is 2. The number of ether oxygens (including phenoxy) is 1. The fourth-order valence-electron chi connectivity index (χ4n) is 4.72. The largest absolute Gasteiger partial charge is 0.490 e. The van der Waals surface area contributed by atoms with Crippen molar-refractivity contribution >= 4 is 28.9 Å². The summed E-state index contributed by atoms with van der Waals surface area (Å²) in [5.74, 6) is -5.39. The highest BCUT2D eigenvalue weighted by atomic mass is 19.4. The molecule has 5 rings (SSSR count). The first-order chi connectivity index (χ1) is 21.4. The quantitative estimate of drug-likeness (QED) is 0.185. The van der Waals surface area contributed by atoms with Gasteiger partial charge in [0.05, 0.1) is 18.3 Å². The number of esters is 1. The van der Waals surface area contributed by atoms with Crippen LogP contribution >= 0.6 is 0 Å². The van der Waals surface area contributed by atoms with Gasteiger partial charge in [-0.15, -0.1) is 0 Å². The number of hydrogen-bond acceptors (Lipinski definition) is 8. The van der Waals surface area contributed by atoms with Gasteiger partial charge in [-0.05, 0) is 62.1 Å². The van der Waals surface area contributed by atoms with Crippen LogP contribution in [0.15, 0.2) is 53.3 Å². The Hall–Kier alpha value is -4.92. The summed E-state index contributed by atoms with van der Waals surface area (Å²) < 4.78 is 72.9. The van der Waals surface area contributed by atoms with Gasteiger partial charge in [-0.2, -0.15) is 18.2 Å². The second-order valence-corrected chi connectivity index (χ2v) is 10.5. The molecule has 2 aromatic heterocycles. The third kappa shape index (κ3) is 6.62. The Morgan fingerprint density at radius 2 is 1.80 bits per heavy atom. The molecule has 15 heteroatoms. The van der Waals surface area contributed by atoms with Gasteiger partial charge in [0.25, 0.3) is 11.5 Å². The fourth-order valence-corrected chi connectivity index (χ4v) is 4.72. The minimum atomic E-state index is -5.28. The van der Waals surface area contributed by atoms with Crippen LogP contribution in [0.1, 0.15) is 35.2 Å². The van der Waals surface area contributed by atoms with Gasteiger partial charge in [-0.25, -0.2) is 18.6 Å². The van der Waals surface area contributed by atoms with Crippen LogP contribution in [-0.4, -0.2) is 63.0 Å². The van der Waals surface area contributed by atoms with Crippen LogP contribution in [0.4, 0.5) is 27.9 Å². The Morgan fingerprint density at radius 3 is 2.42 bits per heavy atom. The SMILES string of the molecule is Cc1ccc(C(=O)NC2CCC2)cc1-c1nc(NC(CO)COC(=O)C(F)(F)F)nc2c1ccc(=O)n2-c1c(F)cccc1F. The molecule has 1 atom stereocenters. The van der Waals surface area contributed by atoms with E-state index in [0.29, 0.717) is 15.7 Å². The Balaban J connectivity index is 1.68. The van der Waals surface area contributed by atoms with Gasteiger partial charge in [0.15, 0.2) is 5.65 Å². The molecular weight excluding hydrogens is 605 g/mol. The lowest BCUT2D eigenvalue weighted by atomic mass is 9.92. The first-order valence-electron chi connectivity index (χ1n) is 13.8. The fraction of sp³-hybridized carbons (Fsp3) is 0.300. The van der Waals surface area contributed by atoms with Crippen molar-refractivity contribution < 1.29 is 41.4 Å². The summed E-state index contributed by atoms with van der Waals surface area (Å²) in [4.78, 5) is 46.0. The van der Waals surface area contributed by atoms with E-state index in [1.165, 1.54) is 6.07 Å². The number of nitrogens with one attached hydrogen (secondary N) is 2. The average Bonchev–Trinajstić information content (AvgIpc) is 2.97. The smallest absolute Gasteiger partial charge is 0.457 e. The molecule has 0 radical (unpaired) electrons. The topological polar surface area (TPSA) is 135 Å². The number of aliphatic hydroxyl groups is 1. The Labute approximate surface area is 251 Å². The van der Waals surface area contributed by atoms with Crippen LogP contribution in [0, 0.1) is 18.6 Å². The second-order valence-electron chi connectivity index (χ2n) is 10.5. The maximum Gasteiger partial charge on any atom is 0.490 e. The molecule has 1 amide bonds. The normalized spacial score (nSPS) is 14.1. The maximum absolute atomic E-state index is 15.0. The van der Waals surface area contributed by atoms with E-state index < -0.39 is 54.3 Å². The molecule has 1 fully saturated rings. The lowest BCUT2D eigenvalue weighted by Gasteiger charge is -2.26. The molecule has 4 aromatic rings. The van der Waals surface area contributed by atoms with Crippen molar-refractivity contribution in [2.24, 2.45) is 0 Å². The Morgan fingerprint density at radius 1 is 1.09 bits per heavy atom. The molecule has 236 valence electrons. The minimum absolute atomic E-state index is 0.0462. The predicted molar refractivity (Wildman–Crippen MR) is 152 cm³/mol. The molecule has 0 aliphatic heterocycles. The van der Waals surface area contributed by atoms with Crippen LogP contribution in [0.2, 0.25) is 0 Å². The van der Waals surface area contributed by atoms with Crippen molar-refractivity contribution in [2.75, 3.05) is 18.5 Å². The van der Waals surface area contributed by atoms with Gasteiger partial charge >= 0.3 is 12.1 Å². The summed E-state index contributed by atoms with van der Waals surface area (Å²) in [7, 11) is 0. The van der Waals surface area contributed by atoms with Gasteiger partial charge in [0.2, 0.25) is 5.95 Å². The van der Waals surface area contributed by atoms with E-state index >= 15 is 0 Å². The van der Waals surface area contributed by atoms with E-state index in [2.05, 4.69) is 25.3 Å². The highest BCUT2D eigenvalue weighted by molar-refractivity contribution is 5.98. The van der Waals surface area contributed by atoms with Crippen molar-refractivity contribution in [3.05, 3.63) is 81.6 Å². The van der Waals surface area contributed by atoms with Crippen molar-refractivity contribution in [2.45, 2.75) is 44.4 Å². The summed E-state index contributed by atoms with van der Waals surface area (Å²) in [6.45, 7) is -0.0874. The zero-order valence-corrected chi connectivity index (χ0v) is 23.6. The number of hydrogen-bond donors (Lipinski definition) is 3. The molecule has 1 saturated carbocycles. The summed E-state index contributed by atoms with van der Waals surface area (Å²) in [6.07, 6.45) is -2.57. The predicted octanol–water partition coefficient (Wildman–Crippen LogP) is 4.19. The first kappa shape index (κ1) is 31.5. The Kier molecular flexibility index (Phi) is 8.82. The highest BCUT2D eigenvalue weighted by Crippen LogP contribution is 2.32. The first-order valence-corrected chi connectivity index (χ1v) is 13.8. The number of anilines is 1. The number of pyridine rings is 1. The molecule has 0 bridgehead atoms. The number of carbonyl (C=O) groups excluding carboxylic acids is 2. The molecular formula is C30H26F5N5O5. The number of amides is 1. The van der Waals surface area contributed by atoms with Gasteiger partial charge < -0.3 is 20.5 Å². The Bertz CT molecular complexity index is 1820. The lowest BCUT2D eigenvalue weighted by Crippen LogP contribution is -2.39. The molecule has 1 aliphatic carbocycles. The summed E-state index contributed by atoms with van der Waals surface area (Å²) in [5, 5.41) is 15.4. The van der Waals surface area contributed by atoms with Crippen LogP contribution in [0.3, 0.4) is 0 Å². The van der Waals surface area contributed by atoms with E-state index in [1.54, 1.807) is 25.1 Å².